The van der Waals surface area contributed by atoms with Crippen LogP contribution in [0.2, 0.25) is 0 Å². The average molecular weight is 449 g/mol. The van der Waals surface area contributed by atoms with Crippen molar-refractivity contribution >= 4 is 39.4 Å². The molecule has 1 aliphatic heterocycles. The van der Waals surface area contributed by atoms with E-state index in [0.29, 0.717) is 0 Å². The van der Waals surface area contributed by atoms with E-state index in [1.807, 2.05) is 41.5 Å². The standard InChI is InChI=1S/C11H22B2O4.Po/c1-8(14)9(2,3)15-12-13-16-10(4,5)11(6,7)17-13;/h14H,1-7H3;. The maximum atomic E-state index is 10.0. The van der Waals surface area contributed by atoms with Crippen molar-refractivity contribution in [3.8, 4) is 0 Å². The molecule has 0 bridgehead atoms. The summed E-state index contributed by atoms with van der Waals surface area (Å²) in [6, 6.07) is 0. The molecule has 1 aliphatic rings. The van der Waals surface area contributed by atoms with Gasteiger partial charge in [-0.1, -0.05) is 0 Å². The second kappa shape index (κ2) is 5.00. The van der Waals surface area contributed by atoms with Gasteiger partial charge in [0.15, 0.2) is 0 Å². The van der Waals surface area contributed by atoms with Gasteiger partial charge in [0, 0.05) is 0 Å². The van der Waals surface area contributed by atoms with Gasteiger partial charge in [-0.25, -0.2) is 0 Å². The molecular formula is C11H22B2O4Po. The fourth-order valence-electron chi connectivity index (χ4n) is 1.28. The van der Waals surface area contributed by atoms with Crippen molar-refractivity contribution in [3.63, 3.8) is 0 Å². The van der Waals surface area contributed by atoms with Crippen molar-refractivity contribution in [2.24, 2.45) is 0 Å². The molecule has 1 fully saturated rings. The van der Waals surface area contributed by atoms with Crippen LogP contribution in [-0.4, -0.2) is 64.6 Å². The Labute approximate surface area is 127 Å². The number of hydrogen-bond donors (Lipinski definition) is 1. The molecular weight excluding hydrogens is 427 g/mol. The molecule has 1 N–H and O–H groups in total. The van der Waals surface area contributed by atoms with Crippen LogP contribution in [-0.2, 0) is 14.0 Å². The molecule has 0 spiro atoms. The molecule has 102 valence electrons. The third-order valence-electron chi connectivity index (χ3n) is 3.86. The Morgan fingerprint density at radius 1 is 1.11 bits per heavy atom. The van der Waals surface area contributed by atoms with Gasteiger partial charge in [-0.15, -0.1) is 0 Å². The Bertz CT molecular complexity index is 297. The first-order chi connectivity index (χ1) is 7.79. The summed E-state index contributed by atoms with van der Waals surface area (Å²) in [7, 11) is 1.03. The van der Waals surface area contributed by atoms with E-state index in [4.69, 9.17) is 14.0 Å². The fraction of sp³-hybridized carbons (Fsp3) is 1.00. The Balaban J connectivity index is 2.58. The minimum absolute atomic E-state index is 0.373. The molecule has 0 saturated carbocycles. The van der Waals surface area contributed by atoms with Crippen molar-refractivity contribution in [1.29, 1.82) is 0 Å². The van der Waals surface area contributed by atoms with Gasteiger partial charge >= 0.3 is 127 Å². The van der Waals surface area contributed by atoms with Gasteiger partial charge in [0.25, 0.3) is 0 Å². The SMILES string of the molecule is C[C](O)([Po])C(C)(C)O[B]B1OC(C)(C)C(C)(C)O1. The Kier molecular flexibility index (Phi) is 4.70. The van der Waals surface area contributed by atoms with Crippen molar-refractivity contribution in [1.82, 2.24) is 0 Å². The monoisotopic (exact) mass is 449 g/mol. The molecule has 1 saturated heterocycles. The zero-order valence-electron chi connectivity index (χ0n) is 12.2. The first-order valence-corrected chi connectivity index (χ1v) is 7.67. The van der Waals surface area contributed by atoms with E-state index in [1.165, 1.54) is 7.37 Å². The van der Waals surface area contributed by atoms with Gasteiger partial charge in [-0.3, -0.25) is 0 Å². The summed E-state index contributed by atoms with van der Waals surface area (Å²) in [5, 5.41) is 10.0. The van der Waals surface area contributed by atoms with Crippen LogP contribution in [0.1, 0.15) is 48.5 Å². The first kappa shape index (κ1) is 16.9. The summed E-state index contributed by atoms with van der Waals surface area (Å²) in [5.74, 6) is 0. The first-order valence-electron chi connectivity index (χ1n) is 6.08. The Hall–Kier alpha value is 0.866. The van der Waals surface area contributed by atoms with Crippen LogP contribution in [0.5, 0.6) is 0 Å². The number of hydrogen-bond acceptors (Lipinski definition) is 4. The van der Waals surface area contributed by atoms with E-state index < -0.39 is 15.9 Å². The van der Waals surface area contributed by atoms with E-state index in [2.05, 4.69) is 0 Å². The topological polar surface area (TPSA) is 47.9 Å². The van der Waals surface area contributed by atoms with Crippen molar-refractivity contribution in [2.45, 2.75) is 68.5 Å². The zero-order chi connectivity index (χ0) is 14.4. The molecule has 0 aliphatic carbocycles. The van der Waals surface area contributed by atoms with Crippen LogP contribution in [0.4, 0.5) is 0 Å². The van der Waals surface area contributed by atoms with Crippen LogP contribution in [0.25, 0.3) is 0 Å². The molecule has 1 heterocycles. The van der Waals surface area contributed by atoms with E-state index in [-0.39, 0.29) is 11.2 Å². The van der Waals surface area contributed by atoms with Gasteiger partial charge < -0.3 is 0 Å². The zero-order valence-corrected chi connectivity index (χ0v) is 15.4. The second-order valence-electron chi connectivity index (χ2n) is 6.37. The van der Waals surface area contributed by atoms with Gasteiger partial charge in [-0.05, 0) is 0 Å². The molecule has 0 aromatic carbocycles. The fourth-order valence-corrected chi connectivity index (χ4v) is 1.47. The minimum atomic E-state index is -0.868. The summed E-state index contributed by atoms with van der Waals surface area (Å²) in [6.07, 6.45) is 0. The summed E-state index contributed by atoms with van der Waals surface area (Å²) in [6.45, 7) is 13.4. The predicted octanol–water partition coefficient (Wildman–Crippen LogP) is 0.867. The van der Waals surface area contributed by atoms with Crippen LogP contribution in [0.3, 0.4) is 0 Å². The molecule has 0 aromatic rings. The normalized spacial score (nSPS) is 25.9. The van der Waals surface area contributed by atoms with Gasteiger partial charge in [0.2, 0.25) is 0 Å². The molecule has 0 aromatic heterocycles. The van der Waals surface area contributed by atoms with Crippen LogP contribution >= 0.6 is 0 Å². The van der Waals surface area contributed by atoms with Crippen molar-refractivity contribution in [2.75, 3.05) is 0 Å². The molecule has 1 rings (SSSR count). The van der Waals surface area contributed by atoms with Crippen LogP contribution < -0.4 is 0 Å². The van der Waals surface area contributed by atoms with E-state index >= 15 is 0 Å². The second-order valence-corrected chi connectivity index (χ2v) is 9.46. The van der Waals surface area contributed by atoms with E-state index in [0.717, 1.165) is 25.1 Å². The summed E-state index contributed by atoms with van der Waals surface area (Å²) < 4.78 is 16.4. The maximum absolute atomic E-state index is 10.0. The molecule has 0 amide bonds. The quantitative estimate of drug-likeness (QED) is 0.648. The Morgan fingerprint density at radius 2 is 1.50 bits per heavy atom. The predicted molar refractivity (Wildman–Crippen MR) is 73.4 cm³/mol. The molecule has 7 heteroatoms. The van der Waals surface area contributed by atoms with Gasteiger partial charge in [0.1, 0.15) is 0 Å². The third kappa shape index (κ3) is 3.49. The summed E-state index contributed by atoms with van der Waals surface area (Å²) in [5.41, 5.74) is -1.42. The van der Waals surface area contributed by atoms with E-state index in [9.17, 15) is 5.11 Å². The number of aliphatic hydroxyl groups is 1. The average Bonchev–Trinajstić information content (AvgIpc) is 2.30. The third-order valence-corrected chi connectivity index (χ3v) is 5.77. The van der Waals surface area contributed by atoms with Crippen molar-refractivity contribution < 1.29 is 19.1 Å². The number of rotatable bonds is 4. The molecule has 4 nitrogen and oxygen atoms in total. The van der Waals surface area contributed by atoms with Crippen molar-refractivity contribution in [3.05, 3.63) is 0 Å². The van der Waals surface area contributed by atoms with Gasteiger partial charge in [0.05, 0.1) is 0 Å². The van der Waals surface area contributed by atoms with E-state index in [1.54, 1.807) is 6.92 Å². The molecule has 2 radical (unpaired) electrons. The van der Waals surface area contributed by atoms with Crippen LogP contribution in [0, 0.1) is 0 Å². The molecule has 18 heavy (non-hydrogen) atoms. The molecule has 1 atom stereocenters. The Morgan fingerprint density at radius 3 is 1.83 bits per heavy atom. The summed E-state index contributed by atoms with van der Waals surface area (Å²) >= 11 is 1.06. The summed E-state index contributed by atoms with van der Waals surface area (Å²) in [4.78, 5) is 0. The van der Waals surface area contributed by atoms with Gasteiger partial charge in [-0.2, -0.15) is 0 Å². The molecule has 1 unspecified atom stereocenters. The van der Waals surface area contributed by atoms with Crippen LogP contribution in [0.15, 0.2) is 0 Å².